The minimum absolute atomic E-state index is 0.0262. The standard InChI is InChI=1S/C23H30O9/c1-7-11(2)20(25)30-17-15-12(3)21(26)31-18(15)19-23(5,32-19)10-8-9-14(22(27)28-6)16(17)29-13(4)24/h9,11,15-19H,3,7-8,10H2,1-2,4-6H3/b14-9+/t11?,15-,16-,17?,18-,19+,23+/m0/s1. The first-order valence-corrected chi connectivity index (χ1v) is 10.8. The minimum Gasteiger partial charge on any atom is -0.466 e. The lowest BCUT2D eigenvalue weighted by Crippen LogP contribution is -2.48. The van der Waals surface area contributed by atoms with E-state index in [0.717, 1.165) is 0 Å². The van der Waals surface area contributed by atoms with Gasteiger partial charge in [-0.25, -0.2) is 9.59 Å². The Balaban J connectivity index is 2.15. The summed E-state index contributed by atoms with van der Waals surface area (Å²) in [4.78, 5) is 50.0. The molecule has 0 bridgehead atoms. The second-order valence-corrected chi connectivity index (χ2v) is 8.70. The maximum atomic E-state index is 12.8. The van der Waals surface area contributed by atoms with Gasteiger partial charge in [-0.05, 0) is 26.2 Å². The molecule has 1 aliphatic carbocycles. The van der Waals surface area contributed by atoms with Gasteiger partial charge in [0.15, 0.2) is 12.2 Å². The Kier molecular flexibility index (Phi) is 6.78. The first kappa shape index (κ1) is 24.0. The first-order chi connectivity index (χ1) is 15.0. The molecular weight excluding hydrogens is 420 g/mol. The van der Waals surface area contributed by atoms with E-state index in [1.807, 2.05) is 13.8 Å². The number of hydrogen-bond acceptors (Lipinski definition) is 9. The van der Waals surface area contributed by atoms with E-state index < -0.39 is 65.7 Å². The molecule has 176 valence electrons. The van der Waals surface area contributed by atoms with Crippen LogP contribution in [0.15, 0.2) is 23.8 Å². The van der Waals surface area contributed by atoms with Crippen LogP contribution in [0.4, 0.5) is 0 Å². The zero-order valence-corrected chi connectivity index (χ0v) is 19.0. The molecule has 0 N–H and O–H groups in total. The van der Waals surface area contributed by atoms with Gasteiger partial charge < -0.3 is 23.7 Å². The smallest absolute Gasteiger partial charge is 0.337 e. The van der Waals surface area contributed by atoms with Crippen molar-refractivity contribution in [3.8, 4) is 0 Å². The Morgan fingerprint density at radius 1 is 1.31 bits per heavy atom. The Morgan fingerprint density at radius 2 is 2.00 bits per heavy atom. The summed E-state index contributed by atoms with van der Waals surface area (Å²) in [5.41, 5.74) is -0.486. The van der Waals surface area contributed by atoms with Crippen LogP contribution in [0.2, 0.25) is 0 Å². The van der Waals surface area contributed by atoms with Crippen LogP contribution >= 0.6 is 0 Å². The lowest BCUT2D eigenvalue weighted by atomic mass is 9.80. The van der Waals surface area contributed by atoms with Gasteiger partial charge in [0.25, 0.3) is 0 Å². The summed E-state index contributed by atoms with van der Waals surface area (Å²) in [7, 11) is 1.21. The van der Waals surface area contributed by atoms with E-state index in [4.69, 9.17) is 23.7 Å². The van der Waals surface area contributed by atoms with E-state index in [1.165, 1.54) is 14.0 Å². The molecule has 9 heteroatoms. The fourth-order valence-corrected chi connectivity index (χ4v) is 4.29. The Labute approximate surface area is 187 Å². The number of esters is 4. The summed E-state index contributed by atoms with van der Waals surface area (Å²) in [5.74, 6) is -3.95. The Morgan fingerprint density at radius 3 is 2.59 bits per heavy atom. The summed E-state index contributed by atoms with van der Waals surface area (Å²) in [6.07, 6.45) is -0.720. The van der Waals surface area contributed by atoms with Crippen LogP contribution in [0, 0.1) is 11.8 Å². The van der Waals surface area contributed by atoms with Crippen LogP contribution < -0.4 is 0 Å². The third kappa shape index (κ3) is 4.44. The molecule has 0 aromatic heterocycles. The number of carbonyl (C=O) groups is 4. The van der Waals surface area contributed by atoms with E-state index in [1.54, 1.807) is 13.0 Å². The topological polar surface area (TPSA) is 118 Å². The number of carbonyl (C=O) groups excluding carboxylic acids is 4. The molecule has 0 saturated carbocycles. The van der Waals surface area contributed by atoms with Gasteiger partial charge in [-0.1, -0.05) is 26.5 Å². The van der Waals surface area contributed by atoms with Crippen molar-refractivity contribution in [1.82, 2.24) is 0 Å². The van der Waals surface area contributed by atoms with Gasteiger partial charge >= 0.3 is 23.9 Å². The molecule has 32 heavy (non-hydrogen) atoms. The largest absolute Gasteiger partial charge is 0.466 e. The van der Waals surface area contributed by atoms with Gasteiger partial charge in [-0.2, -0.15) is 0 Å². The number of methoxy groups -OCH3 is 1. The van der Waals surface area contributed by atoms with Crippen molar-refractivity contribution < 1.29 is 42.9 Å². The number of hydrogen-bond donors (Lipinski definition) is 0. The van der Waals surface area contributed by atoms with Crippen LogP contribution in [0.25, 0.3) is 0 Å². The van der Waals surface area contributed by atoms with Gasteiger partial charge in [0.1, 0.15) is 12.2 Å². The van der Waals surface area contributed by atoms with Crippen molar-refractivity contribution in [2.45, 2.75) is 77.0 Å². The summed E-state index contributed by atoms with van der Waals surface area (Å²) >= 11 is 0. The average molecular weight is 450 g/mol. The molecular formula is C23H30O9. The van der Waals surface area contributed by atoms with Crippen molar-refractivity contribution in [2.75, 3.05) is 7.11 Å². The summed E-state index contributed by atoms with van der Waals surface area (Å²) in [6, 6.07) is 0. The minimum atomic E-state index is -1.31. The molecule has 3 aliphatic rings. The zero-order chi connectivity index (χ0) is 23.8. The number of allylic oxidation sites excluding steroid dienone is 1. The van der Waals surface area contributed by atoms with Crippen LogP contribution in [-0.4, -0.2) is 61.0 Å². The molecule has 0 amide bonds. The second kappa shape index (κ2) is 9.05. The molecule has 2 fully saturated rings. The van der Waals surface area contributed by atoms with Gasteiger partial charge in [0.05, 0.1) is 30.1 Å². The van der Waals surface area contributed by atoms with Crippen LogP contribution in [0.1, 0.15) is 47.0 Å². The average Bonchev–Trinajstić information content (AvgIpc) is 3.33. The molecule has 0 spiro atoms. The molecule has 7 atom stereocenters. The number of epoxide rings is 1. The highest BCUT2D eigenvalue weighted by Crippen LogP contribution is 2.50. The molecule has 2 heterocycles. The summed E-state index contributed by atoms with van der Waals surface area (Å²) in [6.45, 7) is 10.5. The quantitative estimate of drug-likeness (QED) is 0.268. The number of rotatable bonds is 5. The zero-order valence-electron chi connectivity index (χ0n) is 19.0. The van der Waals surface area contributed by atoms with E-state index >= 15 is 0 Å². The van der Waals surface area contributed by atoms with E-state index in [-0.39, 0.29) is 11.1 Å². The van der Waals surface area contributed by atoms with Crippen molar-refractivity contribution >= 4 is 23.9 Å². The molecule has 2 aliphatic heterocycles. The maximum absolute atomic E-state index is 12.8. The predicted octanol–water partition coefficient (Wildman–Crippen LogP) is 2.02. The molecule has 0 aromatic carbocycles. The summed E-state index contributed by atoms with van der Waals surface area (Å²) in [5, 5.41) is 0. The van der Waals surface area contributed by atoms with Gasteiger partial charge in [0, 0.05) is 12.5 Å². The highest BCUT2D eigenvalue weighted by atomic mass is 16.7. The highest BCUT2D eigenvalue weighted by molar-refractivity contribution is 5.92. The van der Waals surface area contributed by atoms with E-state index in [9.17, 15) is 19.2 Å². The van der Waals surface area contributed by atoms with Gasteiger partial charge in [-0.15, -0.1) is 0 Å². The lowest BCUT2D eigenvalue weighted by Gasteiger charge is -2.34. The van der Waals surface area contributed by atoms with Crippen molar-refractivity contribution in [1.29, 1.82) is 0 Å². The predicted molar refractivity (Wildman–Crippen MR) is 110 cm³/mol. The summed E-state index contributed by atoms with van der Waals surface area (Å²) < 4.78 is 27.7. The monoisotopic (exact) mass is 450 g/mol. The van der Waals surface area contributed by atoms with Crippen molar-refractivity contribution in [3.63, 3.8) is 0 Å². The SMILES string of the molecule is C=C1C(=O)O[C@@H]2[C@H]3O[C@]3(C)CC/C=C(/C(=O)OC)[C@H](OC(C)=O)C(OC(=O)C(C)CC)[C@H]12. The van der Waals surface area contributed by atoms with E-state index in [0.29, 0.717) is 19.3 Å². The van der Waals surface area contributed by atoms with Gasteiger partial charge in [0.2, 0.25) is 0 Å². The molecule has 3 rings (SSSR count). The molecule has 9 nitrogen and oxygen atoms in total. The van der Waals surface area contributed by atoms with Crippen molar-refractivity contribution in [3.05, 3.63) is 23.8 Å². The van der Waals surface area contributed by atoms with Crippen LogP contribution in [0.5, 0.6) is 0 Å². The Bertz CT molecular complexity index is 860. The second-order valence-electron chi connectivity index (χ2n) is 8.70. The number of ether oxygens (including phenoxy) is 5. The molecule has 2 saturated heterocycles. The highest BCUT2D eigenvalue weighted by Gasteiger charge is 2.64. The maximum Gasteiger partial charge on any atom is 0.337 e. The molecule has 0 aromatic rings. The van der Waals surface area contributed by atoms with E-state index in [2.05, 4.69) is 6.58 Å². The van der Waals surface area contributed by atoms with Crippen LogP contribution in [0.3, 0.4) is 0 Å². The van der Waals surface area contributed by atoms with Gasteiger partial charge in [-0.3, -0.25) is 9.59 Å². The molecule has 0 radical (unpaired) electrons. The fraction of sp³-hybridized carbons (Fsp3) is 0.652. The first-order valence-electron chi connectivity index (χ1n) is 10.8. The fourth-order valence-electron chi connectivity index (χ4n) is 4.29. The normalized spacial score (nSPS) is 36.4. The van der Waals surface area contributed by atoms with Crippen molar-refractivity contribution in [2.24, 2.45) is 11.8 Å². The lowest BCUT2D eigenvalue weighted by molar-refractivity contribution is -0.174. The van der Waals surface area contributed by atoms with Crippen LogP contribution in [-0.2, 0) is 42.9 Å². The molecule has 2 unspecified atom stereocenters. The third-order valence-corrected chi connectivity index (χ3v) is 6.45. The number of fused-ring (bicyclic) bond motifs is 3. The Hall–Kier alpha value is -2.68. The third-order valence-electron chi connectivity index (χ3n) is 6.45.